The molecule has 0 spiro atoms. The Morgan fingerprint density at radius 2 is 2.18 bits per heavy atom. The van der Waals surface area contributed by atoms with Gasteiger partial charge in [-0.1, -0.05) is 13.8 Å². The molecule has 0 fully saturated rings. The van der Waals surface area contributed by atoms with Crippen LogP contribution in [-0.2, 0) is 10.0 Å². The predicted molar refractivity (Wildman–Crippen MR) is 68.0 cm³/mol. The molecule has 0 aliphatic carbocycles. The molecule has 0 amide bonds. The molecular weight excluding hydrogens is 240 g/mol. The summed E-state index contributed by atoms with van der Waals surface area (Å²) in [6.45, 7) is 4.13. The van der Waals surface area contributed by atoms with Crippen molar-refractivity contribution in [1.29, 1.82) is 0 Å². The molecule has 0 aliphatic heterocycles. The zero-order valence-corrected chi connectivity index (χ0v) is 11.3. The van der Waals surface area contributed by atoms with Crippen LogP contribution in [-0.4, -0.2) is 26.8 Å². The van der Waals surface area contributed by atoms with Gasteiger partial charge in [-0.15, -0.1) is 0 Å². The minimum absolute atomic E-state index is 0.280. The van der Waals surface area contributed by atoms with Gasteiger partial charge < -0.3 is 4.74 Å². The molecule has 1 aromatic heterocycles. The van der Waals surface area contributed by atoms with E-state index in [1.807, 2.05) is 0 Å². The van der Waals surface area contributed by atoms with Gasteiger partial charge in [0.15, 0.2) is 0 Å². The Morgan fingerprint density at radius 1 is 1.53 bits per heavy atom. The minimum Gasteiger partial charge on any atom is -0.480 e. The van der Waals surface area contributed by atoms with E-state index in [4.69, 9.17) is 4.74 Å². The largest absolute Gasteiger partial charge is 0.480 e. The topological polar surface area (TPSA) is 68.3 Å². The molecular formula is C11H18N2O3S. The van der Waals surface area contributed by atoms with Crippen LogP contribution in [0.1, 0.15) is 31.7 Å². The van der Waals surface area contributed by atoms with E-state index in [1.54, 1.807) is 12.3 Å². The fraction of sp³-hybridized carbons (Fsp3) is 0.545. The Kier molecular flexibility index (Phi) is 4.34. The molecule has 0 bridgehead atoms. The number of aromatic nitrogens is 1. The highest BCUT2D eigenvalue weighted by molar-refractivity contribution is 7.92. The molecule has 0 aromatic carbocycles. The van der Waals surface area contributed by atoms with Crippen molar-refractivity contribution in [2.45, 2.75) is 26.2 Å². The highest BCUT2D eigenvalue weighted by atomic mass is 32.2. The number of anilines is 1. The number of rotatable bonds is 5. The Bertz CT molecular complexity index is 485. The first-order chi connectivity index (χ1) is 7.87. The summed E-state index contributed by atoms with van der Waals surface area (Å²) in [5.74, 6) is 0.607. The summed E-state index contributed by atoms with van der Waals surface area (Å²) in [6, 6.07) is 1.76. The van der Waals surface area contributed by atoms with Gasteiger partial charge in [0.1, 0.15) is 5.69 Å². The smallest absolute Gasteiger partial charge is 0.238 e. The number of methoxy groups -OCH3 is 1. The Balaban J connectivity index is 3.15. The summed E-state index contributed by atoms with van der Waals surface area (Å²) in [6.07, 6.45) is 3.77. The van der Waals surface area contributed by atoms with Crippen LogP contribution in [0.3, 0.4) is 0 Å². The normalized spacial score (nSPS) is 13.2. The maximum absolute atomic E-state index is 11.2. The van der Waals surface area contributed by atoms with Crippen molar-refractivity contribution in [2.24, 2.45) is 0 Å². The predicted octanol–water partition coefficient (Wildman–Crippen LogP) is 1.98. The number of hydrogen-bond acceptors (Lipinski definition) is 4. The van der Waals surface area contributed by atoms with Gasteiger partial charge in [-0.3, -0.25) is 4.72 Å². The molecule has 96 valence electrons. The fourth-order valence-corrected chi connectivity index (χ4v) is 1.95. The van der Waals surface area contributed by atoms with E-state index in [0.717, 1.165) is 18.2 Å². The Labute approximate surface area is 102 Å². The molecule has 1 atom stereocenters. The van der Waals surface area contributed by atoms with Gasteiger partial charge in [-0.25, -0.2) is 13.4 Å². The van der Waals surface area contributed by atoms with E-state index < -0.39 is 10.0 Å². The zero-order chi connectivity index (χ0) is 13.1. The second-order valence-electron chi connectivity index (χ2n) is 4.01. The Morgan fingerprint density at radius 3 is 2.65 bits per heavy atom. The molecule has 1 N–H and O–H groups in total. The van der Waals surface area contributed by atoms with Crippen molar-refractivity contribution >= 4 is 15.7 Å². The van der Waals surface area contributed by atoms with Gasteiger partial charge in [0.05, 0.1) is 13.4 Å². The number of nitrogens with zero attached hydrogens (tertiary/aromatic N) is 1. The van der Waals surface area contributed by atoms with E-state index in [1.165, 1.54) is 7.11 Å². The lowest BCUT2D eigenvalue weighted by Crippen LogP contribution is -2.11. The molecule has 0 saturated carbocycles. The first kappa shape index (κ1) is 13.8. The summed E-state index contributed by atoms with van der Waals surface area (Å²) in [7, 11) is -1.87. The minimum atomic E-state index is -3.33. The highest BCUT2D eigenvalue weighted by Crippen LogP contribution is 2.27. The standard InChI is InChI=1S/C11H18N2O3S/c1-5-8(2)9-6-10(13-17(4,14)15)11(16-3)12-7-9/h6-8,13H,5H2,1-4H3. The lowest BCUT2D eigenvalue weighted by molar-refractivity contribution is 0.399. The van der Waals surface area contributed by atoms with Gasteiger partial charge in [0.2, 0.25) is 15.9 Å². The summed E-state index contributed by atoms with van der Waals surface area (Å²) in [4.78, 5) is 4.10. The maximum Gasteiger partial charge on any atom is 0.238 e. The van der Waals surface area contributed by atoms with Crippen LogP contribution in [0.25, 0.3) is 0 Å². The van der Waals surface area contributed by atoms with Crippen LogP contribution in [0, 0.1) is 0 Å². The second-order valence-corrected chi connectivity index (χ2v) is 5.76. The first-order valence-corrected chi connectivity index (χ1v) is 7.28. The first-order valence-electron chi connectivity index (χ1n) is 5.39. The van der Waals surface area contributed by atoms with E-state index in [9.17, 15) is 8.42 Å². The van der Waals surface area contributed by atoms with Crippen molar-refractivity contribution in [1.82, 2.24) is 4.98 Å². The van der Waals surface area contributed by atoms with Crippen LogP contribution < -0.4 is 9.46 Å². The fourth-order valence-electron chi connectivity index (χ4n) is 1.41. The average Bonchev–Trinajstić information content (AvgIpc) is 2.25. The third kappa shape index (κ3) is 3.89. The quantitative estimate of drug-likeness (QED) is 0.876. The van der Waals surface area contributed by atoms with Crippen LogP contribution in [0.2, 0.25) is 0 Å². The van der Waals surface area contributed by atoms with Crippen LogP contribution in [0.4, 0.5) is 5.69 Å². The Hall–Kier alpha value is -1.30. The molecule has 1 heterocycles. The molecule has 5 nitrogen and oxygen atoms in total. The molecule has 1 rings (SSSR count). The third-order valence-corrected chi connectivity index (χ3v) is 3.13. The molecule has 6 heteroatoms. The van der Waals surface area contributed by atoms with Gasteiger partial charge >= 0.3 is 0 Å². The van der Waals surface area contributed by atoms with Gasteiger partial charge in [-0.2, -0.15) is 0 Å². The van der Waals surface area contributed by atoms with Crippen LogP contribution in [0.15, 0.2) is 12.3 Å². The summed E-state index contributed by atoms with van der Waals surface area (Å²) in [5.41, 5.74) is 1.37. The molecule has 1 aromatic rings. The third-order valence-electron chi connectivity index (χ3n) is 2.54. The summed E-state index contributed by atoms with van der Waals surface area (Å²) < 4.78 is 29.9. The summed E-state index contributed by atoms with van der Waals surface area (Å²) in [5, 5.41) is 0. The van der Waals surface area contributed by atoms with Crippen LogP contribution in [0.5, 0.6) is 5.88 Å². The lowest BCUT2D eigenvalue weighted by atomic mass is 10.0. The SMILES string of the molecule is CCC(C)c1cnc(OC)c(NS(C)(=O)=O)c1. The van der Waals surface area contributed by atoms with E-state index >= 15 is 0 Å². The van der Waals surface area contributed by atoms with Gasteiger partial charge in [-0.05, 0) is 24.0 Å². The van der Waals surface area contributed by atoms with E-state index in [-0.39, 0.29) is 5.88 Å². The van der Waals surface area contributed by atoms with Crippen molar-refractivity contribution in [3.8, 4) is 5.88 Å². The highest BCUT2D eigenvalue weighted by Gasteiger charge is 2.12. The monoisotopic (exact) mass is 258 g/mol. The number of pyridine rings is 1. The number of nitrogens with one attached hydrogen (secondary N) is 1. The average molecular weight is 258 g/mol. The van der Waals surface area contributed by atoms with E-state index in [2.05, 4.69) is 23.6 Å². The molecule has 17 heavy (non-hydrogen) atoms. The van der Waals surface area contributed by atoms with Crippen molar-refractivity contribution in [2.75, 3.05) is 18.1 Å². The van der Waals surface area contributed by atoms with E-state index in [0.29, 0.717) is 11.6 Å². The maximum atomic E-state index is 11.2. The molecule has 0 radical (unpaired) electrons. The van der Waals surface area contributed by atoms with Gasteiger partial charge in [0, 0.05) is 6.20 Å². The summed E-state index contributed by atoms with van der Waals surface area (Å²) >= 11 is 0. The number of hydrogen-bond donors (Lipinski definition) is 1. The van der Waals surface area contributed by atoms with Crippen molar-refractivity contribution < 1.29 is 13.2 Å². The second kappa shape index (κ2) is 5.35. The number of sulfonamides is 1. The van der Waals surface area contributed by atoms with Crippen LogP contribution >= 0.6 is 0 Å². The lowest BCUT2D eigenvalue weighted by Gasteiger charge is -2.13. The van der Waals surface area contributed by atoms with Crippen molar-refractivity contribution in [3.63, 3.8) is 0 Å². The molecule has 0 aliphatic rings. The molecule has 0 saturated heterocycles. The van der Waals surface area contributed by atoms with Crippen molar-refractivity contribution in [3.05, 3.63) is 17.8 Å². The number of ether oxygens (including phenoxy) is 1. The molecule has 1 unspecified atom stereocenters. The van der Waals surface area contributed by atoms with Gasteiger partial charge in [0.25, 0.3) is 0 Å². The zero-order valence-electron chi connectivity index (χ0n) is 10.5.